The maximum absolute atomic E-state index is 13.0. The van der Waals surface area contributed by atoms with Gasteiger partial charge in [-0.3, -0.25) is 4.79 Å². The molecular weight excluding hydrogens is 248 g/mol. The largest absolute Gasteiger partial charge is 0.399 e. The Morgan fingerprint density at radius 3 is 2.37 bits per heavy atom. The van der Waals surface area contributed by atoms with Gasteiger partial charge < -0.3 is 5.73 Å². The van der Waals surface area contributed by atoms with Crippen LogP contribution < -0.4 is 5.73 Å². The number of carbonyl (C=O) groups is 1. The van der Waals surface area contributed by atoms with Crippen LogP contribution in [-0.4, -0.2) is 5.78 Å². The van der Waals surface area contributed by atoms with Crippen LogP contribution in [0.4, 0.5) is 14.5 Å². The van der Waals surface area contributed by atoms with E-state index in [0.717, 1.165) is 23.8 Å². The van der Waals surface area contributed by atoms with Gasteiger partial charge in [-0.25, -0.2) is 8.78 Å². The lowest BCUT2D eigenvalue weighted by molar-refractivity contribution is 0.0982. The molecule has 2 nitrogen and oxygen atoms in total. The standard InChI is InChI=1S/C15H13F2NO/c16-12-7-11(8-13(17)9-12)15(19)5-4-10-2-1-3-14(18)6-10/h1-3,6-9H,4-5,18H2. The number of carbonyl (C=O) groups excluding carboxylic acids is 1. The summed E-state index contributed by atoms with van der Waals surface area (Å²) < 4.78 is 26.0. The predicted octanol–water partition coefficient (Wildman–Crippen LogP) is 3.36. The Hall–Kier alpha value is -2.23. The zero-order valence-corrected chi connectivity index (χ0v) is 10.2. The number of ketones is 1. The van der Waals surface area contributed by atoms with E-state index in [0.29, 0.717) is 12.1 Å². The Bertz CT molecular complexity index is 591. The summed E-state index contributed by atoms with van der Waals surface area (Å²) in [6.45, 7) is 0. The van der Waals surface area contributed by atoms with E-state index in [1.54, 1.807) is 18.2 Å². The summed E-state index contributed by atoms with van der Waals surface area (Å²) in [6.07, 6.45) is 0.675. The highest BCUT2D eigenvalue weighted by Gasteiger charge is 2.09. The molecule has 98 valence electrons. The number of anilines is 1. The number of benzene rings is 2. The molecule has 2 aromatic rings. The van der Waals surface area contributed by atoms with Crippen molar-refractivity contribution in [3.8, 4) is 0 Å². The molecule has 0 aliphatic rings. The van der Waals surface area contributed by atoms with E-state index in [1.165, 1.54) is 0 Å². The Labute approximate surface area is 109 Å². The van der Waals surface area contributed by atoms with Gasteiger partial charge in [-0.15, -0.1) is 0 Å². The van der Waals surface area contributed by atoms with Crippen molar-refractivity contribution in [3.05, 3.63) is 65.2 Å². The van der Waals surface area contributed by atoms with Crippen molar-refractivity contribution in [2.75, 3.05) is 5.73 Å². The van der Waals surface area contributed by atoms with Crippen molar-refractivity contribution in [2.24, 2.45) is 0 Å². The van der Waals surface area contributed by atoms with Gasteiger partial charge in [-0.1, -0.05) is 12.1 Å². The number of nitrogen functional groups attached to an aromatic ring is 1. The Balaban J connectivity index is 2.05. The van der Waals surface area contributed by atoms with Crippen LogP contribution in [0.2, 0.25) is 0 Å². The van der Waals surface area contributed by atoms with Crippen LogP contribution in [-0.2, 0) is 6.42 Å². The fourth-order valence-electron chi connectivity index (χ4n) is 1.87. The first-order chi connectivity index (χ1) is 9.04. The third-order valence-electron chi connectivity index (χ3n) is 2.78. The highest BCUT2D eigenvalue weighted by atomic mass is 19.1. The summed E-state index contributed by atoms with van der Waals surface area (Å²) in [4.78, 5) is 11.8. The molecule has 19 heavy (non-hydrogen) atoms. The van der Waals surface area contributed by atoms with E-state index in [4.69, 9.17) is 5.73 Å². The molecular formula is C15H13F2NO. The van der Waals surface area contributed by atoms with Crippen LogP contribution in [0.3, 0.4) is 0 Å². The topological polar surface area (TPSA) is 43.1 Å². The molecule has 4 heteroatoms. The third kappa shape index (κ3) is 3.61. The van der Waals surface area contributed by atoms with E-state index >= 15 is 0 Å². The molecule has 0 saturated heterocycles. The lowest BCUT2D eigenvalue weighted by atomic mass is 10.0. The first-order valence-corrected chi connectivity index (χ1v) is 5.88. The van der Waals surface area contributed by atoms with Crippen LogP contribution in [0.15, 0.2) is 42.5 Å². The number of hydrogen-bond donors (Lipinski definition) is 1. The van der Waals surface area contributed by atoms with Gasteiger partial charge in [0, 0.05) is 23.7 Å². The van der Waals surface area contributed by atoms with Crippen molar-refractivity contribution in [2.45, 2.75) is 12.8 Å². The number of aryl methyl sites for hydroxylation is 1. The monoisotopic (exact) mass is 261 g/mol. The Kier molecular flexibility index (Phi) is 3.90. The number of rotatable bonds is 4. The molecule has 0 saturated carbocycles. The lowest BCUT2D eigenvalue weighted by Gasteiger charge is -2.03. The average molecular weight is 261 g/mol. The van der Waals surface area contributed by atoms with Gasteiger partial charge in [0.1, 0.15) is 11.6 Å². The predicted molar refractivity (Wildman–Crippen MR) is 69.9 cm³/mol. The first-order valence-electron chi connectivity index (χ1n) is 5.88. The maximum atomic E-state index is 13.0. The summed E-state index contributed by atoms with van der Waals surface area (Å²) in [6, 6.07) is 10.0. The molecule has 2 N–H and O–H groups in total. The average Bonchev–Trinajstić information content (AvgIpc) is 2.35. The van der Waals surface area contributed by atoms with Gasteiger partial charge in [-0.05, 0) is 36.2 Å². The van der Waals surface area contributed by atoms with Gasteiger partial charge >= 0.3 is 0 Å². The van der Waals surface area contributed by atoms with Crippen molar-refractivity contribution >= 4 is 11.5 Å². The van der Waals surface area contributed by atoms with Gasteiger partial charge in [0.15, 0.2) is 5.78 Å². The molecule has 0 fully saturated rings. The minimum absolute atomic E-state index is 0.0569. The quantitative estimate of drug-likeness (QED) is 0.677. The molecule has 0 bridgehead atoms. The zero-order valence-electron chi connectivity index (χ0n) is 10.2. The van der Waals surface area contributed by atoms with Crippen molar-refractivity contribution in [1.82, 2.24) is 0 Å². The summed E-state index contributed by atoms with van der Waals surface area (Å²) in [5, 5.41) is 0. The second-order valence-electron chi connectivity index (χ2n) is 4.33. The van der Waals surface area contributed by atoms with Crippen molar-refractivity contribution in [1.29, 1.82) is 0 Å². The van der Waals surface area contributed by atoms with Gasteiger partial charge in [-0.2, -0.15) is 0 Å². The van der Waals surface area contributed by atoms with Crippen LogP contribution in [0, 0.1) is 11.6 Å². The molecule has 0 atom stereocenters. The smallest absolute Gasteiger partial charge is 0.163 e. The van der Waals surface area contributed by atoms with E-state index in [2.05, 4.69) is 0 Å². The fraction of sp³-hybridized carbons (Fsp3) is 0.133. The molecule has 0 unspecified atom stereocenters. The zero-order chi connectivity index (χ0) is 13.8. The van der Waals surface area contributed by atoms with Gasteiger partial charge in [0.2, 0.25) is 0 Å². The summed E-state index contributed by atoms with van der Waals surface area (Å²) in [5.41, 5.74) is 7.24. The van der Waals surface area contributed by atoms with Crippen LogP contribution >= 0.6 is 0 Å². The normalized spacial score (nSPS) is 10.4. The van der Waals surface area contributed by atoms with Gasteiger partial charge in [0.05, 0.1) is 0 Å². The third-order valence-corrected chi connectivity index (χ3v) is 2.78. The maximum Gasteiger partial charge on any atom is 0.163 e. The second-order valence-corrected chi connectivity index (χ2v) is 4.33. The van der Waals surface area contributed by atoms with Gasteiger partial charge in [0.25, 0.3) is 0 Å². The molecule has 2 aromatic carbocycles. The summed E-state index contributed by atoms with van der Waals surface area (Å²) in [5.74, 6) is -1.78. The molecule has 0 amide bonds. The first kappa shape index (κ1) is 13.2. The minimum Gasteiger partial charge on any atom is -0.399 e. The van der Waals surface area contributed by atoms with E-state index < -0.39 is 11.6 Å². The molecule has 0 aliphatic heterocycles. The summed E-state index contributed by atoms with van der Waals surface area (Å²) >= 11 is 0. The molecule has 0 aliphatic carbocycles. The SMILES string of the molecule is Nc1cccc(CCC(=O)c2cc(F)cc(F)c2)c1. The summed E-state index contributed by atoms with van der Waals surface area (Å²) in [7, 11) is 0. The van der Waals surface area contributed by atoms with Crippen LogP contribution in [0.1, 0.15) is 22.3 Å². The molecule has 0 spiro atoms. The van der Waals surface area contributed by atoms with Crippen LogP contribution in [0.5, 0.6) is 0 Å². The van der Waals surface area contributed by atoms with Crippen molar-refractivity contribution in [3.63, 3.8) is 0 Å². The Morgan fingerprint density at radius 2 is 1.74 bits per heavy atom. The Morgan fingerprint density at radius 1 is 1.05 bits per heavy atom. The minimum atomic E-state index is -0.743. The fourth-order valence-corrected chi connectivity index (χ4v) is 1.87. The van der Waals surface area contributed by atoms with Crippen molar-refractivity contribution < 1.29 is 13.6 Å². The number of nitrogens with two attached hydrogens (primary N) is 1. The number of halogens is 2. The van der Waals surface area contributed by atoms with E-state index in [-0.39, 0.29) is 17.8 Å². The molecule has 0 heterocycles. The molecule has 2 rings (SSSR count). The second kappa shape index (κ2) is 5.61. The highest BCUT2D eigenvalue weighted by Crippen LogP contribution is 2.13. The number of hydrogen-bond acceptors (Lipinski definition) is 2. The van der Waals surface area contributed by atoms with E-state index in [1.807, 2.05) is 6.07 Å². The number of Topliss-reactive ketones (excluding diaryl/α,β-unsaturated/α-hetero) is 1. The molecule has 0 radical (unpaired) electrons. The highest BCUT2D eigenvalue weighted by molar-refractivity contribution is 5.96. The van der Waals surface area contributed by atoms with E-state index in [9.17, 15) is 13.6 Å². The van der Waals surface area contributed by atoms with Crippen LogP contribution in [0.25, 0.3) is 0 Å². The lowest BCUT2D eigenvalue weighted by Crippen LogP contribution is -2.03. The molecule has 0 aromatic heterocycles.